The number of carbonyl (C=O) groups is 1. The van der Waals surface area contributed by atoms with Crippen molar-refractivity contribution >= 4 is 27.0 Å². The lowest BCUT2D eigenvalue weighted by Gasteiger charge is -2.36. The lowest BCUT2D eigenvalue weighted by atomic mass is 10.2. The molecule has 4 rings (SSSR count). The fraction of sp³-hybridized carbons (Fsp3) is 0.529. The van der Waals surface area contributed by atoms with Crippen molar-refractivity contribution in [3.8, 4) is 0 Å². The van der Waals surface area contributed by atoms with Crippen LogP contribution in [0.4, 0.5) is 0 Å². The number of aromatic nitrogens is 2. The number of fused-ring (bicyclic) bond motifs is 1. The van der Waals surface area contributed by atoms with Gasteiger partial charge in [-0.15, -0.1) is 0 Å². The molecule has 0 radical (unpaired) electrons. The number of H-pyrrole nitrogens is 1. The molecule has 2 aromatic heterocycles. The third kappa shape index (κ3) is 3.22. The predicted octanol–water partition coefficient (Wildman–Crippen LogP) is 0.536. The van der Waals surface area contributed by atoms with Crippen LogP contribution in [0.1, 0.15) is 19.8 Å². The molecule has 9 heteroatoms. The fourth-order valence-electron chi connectivity index (χ4n) is 3.33. The number of amides is 1. The highest BCUT2D eigenvalue weighted by atomic mass is 32.2. The van der Waals surface area contributed by atoms with Gasteiger partial charge in [-0.25, -0.2) is 13.4 Å². The summed E-state index contributed by atoms with van der Waals surface area (Å²) >= 11 is 0. The van der Waals surface area contributed by atoms with Crippen LogP contribution in [0.15, 0.2) is 29.4 Å². The second-order valence-corrected chi connectivity index (χ2v) is 8.86. The van der Waals surface area contributed by atoms with Gasteiger partial charge in [0.05, 0.1) is 6.04 Å². The smallest absolute Gasteiger partial charge is 0.245 e. The summed E-state index contributed by atoms with van der Waals surface area (Å²) in [5.41, 5.74) is 0.565. The standard InChI is InChI=1S/C17H23N5O3S/c1-12(17(23)20-13-4-5-13)21-7-9-22(10-8-21)26(24,25)15-11-19-16-14(15)3-2-6-18-16/h2-3,6,11-13H,4-5,7-10H2,1H3,(H,18,19)(H,20,23). The summed E-state index contributed by atoms with van der Waals surface area (Å²) in [6.45, 7) is 3.71. The van der Waals surface area contributed by atoms with Gasteiger partial charge in [-0.3, -0.25) is 9.69 Å². The average Bonchev–Trinajstić information content (AvgIpc) is 3.35. The van der Waals surface area contributed by atoms with Gasteiger partial charge in [-0.2, -0.15) is 4.31 Å². The number of hydrogen-bond acceptors (Lipinski definition) is 5. The molecule has 0 spiro atoms. The highest BCUT2D eigenvalue weighted by molar-refractivity contribution is 7.89. The zero-order valence-corrected chi connectivity index (χ0v) is 15.5. The molecule has 140 valence electrons. The van der Waals surface area contributed by atoms with Gasteiger partial charge in [-0.05, 0) is 31.9 Å². The van der Waals surface area contributed by atoms with Gasteiger partial charge in [0.2, 0.25) is 15.9 Å². The number of aromatic amines is 1. The van der Waals surface area contributed by atoms with Crippen molar-refractivity contribution < 1.29 is 13.2 Å². The summed E-state index contributed by atoms with van der Waals surface area (Å²) in [4.78, 5) is 21.6. The van der Waals surface area contributed by atoms with Gasteiger partial charge >= 0.3 is 0 Å². The molecule has 2 aromatic rings. The molecule has 1 saturated carbocycles. The molecule has 1 aliphatic carbocycles. The zero-order valence-electron chi connectivity index (χ0n) is 14.7. The Morgan fingerprint density at radius 3 is 2.73 bits per heavy atom. The Kier molecular flexibility index (Phi) is 4.45. The van der Waals surface area contributed by atoms with Gasteiger partial charge in [-0.1, -0.05) is 0 Å². The van der Waals surface area contributed by atoms with E-state index >= 15 is 0 Å². The van der Waals surface area contributed by atoms with Crippen molar-refractivity contribution in [3.05, 3.63) is 24.5 Å². The minimum atomic E-state index is -3.59. The van der Waals surface area contributed by atoms with Crippen molar-refractivity contribution in [2.75, 3.05) is 26.2 Å². The zero-order chi connectivity index (χ0) is 18.3. The van der Waals surface area contributed by atoms with Crippen molar-refractivity contribution in [2.45, 2.75) is 36.7 Å². The van der Waals surface area contributed by atoms with Crippen LogP contribution in [0, 0.1) is 0 Å². The number of rotatable bonds is 5. The highest BCUT2D eigenvalue weighted by Gasteiger charge is 2.34. The van der Waals surface area contributed by atoms with E-state index in [0.717, 1.165) is 12.8 Å². The number of pyridine rings is 1. The molecular weight excluding hydrogens is 354 g/mol. The number of sulfonamides is 1. The maximum atomic E-state index is 13.0. The molecule has 0 bridgehead atoms. The third-order valence-corrected chi connectivity index (χ3v) is 7.09. The predicted molar refractivity (Wildman–Crippen MR) is 97.1 cm³/mol. The second kappa shape index (κ2) is 6.64. The first-order valence-corrected chi connectivity index (χ1v) is 10.4. The maximum Gasteiger partial charge on any atom is 0.245 e. The Morgan fingerprint density at radius 1 is 1.31 bits per heavy atom. The van der Waals surface area contributed by atoms with Crippen LogP contribution < -0.4 is 5.32 Å². The monoisotopic (exact) mass is 377 g/mol. The van der Waals surface area contributed by atoms with E-state index in [9.17, 15) is 13.2 Å². The number of hydrogen-bond donors (Lipinski definition) is 2. The molecule has 8 nitrogen and oxygen atoms in total. The lowest BCUT2D eigenvalue weighted by Crippen LogP contribution is -2.55. The summed E-state index contributed by atoms with van der Waals surface area (Å²) in [6.07, 6.45) is 5.25. The largest absolute Gasteiger partial charge is 0.352 e. The van der Waals surface area contributed by atoms with E-state index in [1.807, 2.05) is 11.8 Å². The lowest BCUT2D eigenvalue weighted by molar-refractivity contribution is -0.126. The molecule has 2 fully saturated rings. The van der Waals surface area contributed by atoms with E-state index in [1.165, 1.54) is 10.5 Å². The highest BCUT2D eigenvalue weighted by Crippen LogP contribution is 2.25. The number of nitrogens with zero attached hydrogens (tertiary/aromatic N) is 3. The maximum absolute atomic E-state index is 13.0. The molecule has 3 heterocycles. The normalized spacial score (nSPS) is 21.0. The Hall–Kier alpha value is -1.97. The average molecular weight is 377 g/mol. The summed E-state index contributed by atoms with van der Waals surface area (Å²) in [5, 5.41) is 3.62. The quantitative estimate of drug-likeness (QED) is 0.792. The van der Waals surface area contributed by atoms with Crippen molar-refractivity contribution in [2.24, 2.45) is 0 Å². The van der Waals surface area contributed by atoms with Gasteiger partial charge in [0.1, 0.15) is 10.5 Å². The SMILES string of the molecule is CC(C(=O)NC1CC1)N1CCN(S(=O)(=O)c2c[nH]c3ncccc23)CC1. The molecule has 26 heavy (non-hydrogen) atoms. The molecule has 0 aromatic carbocycles. The number of carbonyl (C=O) groups excluding carboxylic acids is 1. The van der Waals surface area contributed by atoms with Crippen LogP contribution in [0.2, 0.25) is 0 Å². The second-order valence-electron chi connectivity index (χ2n) is 6.95. The van der Waals surface area contributed by atoms with Crippen LogP contribution >= 0.6 is 0 Å². The fourth-order valence-corrected chi connectivity index (χ4v) is 4.90. The van der Waals surface area contributed by atoms with E-state index < -0.39 is 10.0 Å². The molecule has 1 saturated heterocycles. The minimum absolute atomic E-state index is 0.0338. The van der Waals surface area contributed by atoms with Gasteiger partial charge in [0, 0.05) is 50.0 Å². The molecule has 2 aliphatic rings. The topological polar surface area (TPSA) is 98.4 Å². The van der Waals surface area contributed by atoms with E-state index in [1.54, 1.807) is 18.3 Å². The van der Waals surface area contributed by atoms with Crippen LogP contribution in [-0.2, 0) is 14.8 Å². The Bertz CT molecular complexity index is 913. The van der Waals surface area contributed by atoms with E-state index in [-0.39, 0.29) is 16.8 Å². The third-order valence-electron chi connectivity index (χ3n) is 5.16. The van der Waals surface area contributed by atoms with Crippen LogP contribution in [0.3, 0.4) is 0 Å². The van der Waals surface area contributed by atoms with Crippen molar-refractivity contribution in [1.82, 2.24) is 24.5 Å². The van der Waals surface area contributed by atoms with E-state index in [2.05, 4.69) is 15.3 Å². The molecule has 1 atom stereocenters. The van der Waals surface area contributed by atoms with E-state index in [4.69, 9.17) is 0 Å². The molecule has 2 N–H and O–H groups in total. The Morgan fingerprint density at radius 2 is 2.04 bits per heavy atom. The number of piperazine rings is 1. The molecule has 1 unspecified atom stereocenters. The minimum Gasteiger partial charge on any atom is -0.352 e. The van der Waals surface area contributed by atoms with E-state index in [0.29, 0.717) is 43.3 Å². The van der Waals surface area contributed by atoms with Crippen LogP contribution in [0.25, 0.3) is 11.0 Å². The first-order valence-electron chi connectivity index (χ1n) is 8.93. The molecule has 1 amide bonds. The Labute approximate surface area is 152 Å². The van der Waals surface area contributed by atoms with Crippen molar-refractivity contribution in [3.63, 3.8) is 0 Å². The number of nitrogens with one attached hydrogen (secondary N) is 2. The van der Waals surface area contributed by atoms with Gasteiger partial charge < -0.3 is 10.3 Å². The van der Waals surface area contributed by atoms with Gasteiger partial charge in [0.25, 0.3) is 0 Å². The van der Waals surface area contributed by atoms with Crippen LogP contribution in [0.5, 0.6) is 0 Å². The summed E-state index contributed by atoms with van der Waals surface area (Å²) in [6, 6.07) is 3.58. The summed E-state index contributed by atoms with van der Waals surface area (Å²) < 4.78 is 27.5. The molecular formula is C17H23N5O3S. The van der Waals surface area contributed by atoms with Gasteiger partial charge in [0.15, 0.2) is 0 Å². The first-order chi connectivity index (χ1) is 12.5. The molecule has 1 aliphatic heterocycles. The first kappa shape index (κ1) is 17.4. The summed E-state index contributed by atoms with van der Waals surface area (Å²) in [7, 11) is -3.59. The van der Waals surface area contributed by atoms with Crippen molar-refractivity contribution in [1.29, 1.82) is 0 Å². The van der Waals surface area contributed by atoms with Crippen LogP contribution in [-0.4, -0.2) is 71.8 Å². The summed E-state index contributed by atoms with van der Waals surface area (Å²) in [5.74, 6) is 0.0338. The Balaban J connectivity index is 1.44.